The van der Waals surface area contributed by atoms with Crippen LogP contribution >= 0.6 is 0 Å². The van der Waals surface area contributed by atoms with E-state index < -0.39 is 0 Å². The van der Waals surface area contributed by atoms with Gasteiger partial charge >= 0.3 is 0 Å². The number of benzene rings is 6. The number of hydrogen-bond acceptors (Lipinski definition) is 3. The fourth-order valence-corrected chi connectivity index (χ4v) is 10.1. The van der Waals surface area contributed by atoms with Crippen LogP contribution in [0.25, 0.3) is 21.7 Å². The maximum absolute atomic E-state index is 7.45. The van der Waals surface area contributed by atoms with Gasteiger partial charge in [-0.3, -0.25) is 0 Å². The molecule has 57 heavy (non-hydrogen) atoms. The van der Waals surface area contributed by atoms with Gasteiger partial charge in [-0.25, -0.2) is 0 Å². The van der Waals surface area contributed by atoms with Gasteiger partial charge < -0.3 is 14.2 Å². The van der Waals surface area contributed by atoms with Gasteiger partial charge in [0.2, 0.25) is 0 Å². The van der Waals surface area contributed by atoms with E-state index in [2.05, 4.69) is 195 Å². The third-order valence-corrected chi connectivity index (χ3v) is 13.6. The van der Waals surface area contributed by atoms with Crippen LogP contribution in [0.15, 0.2) is 114 Å². The van der Waals surface area contributed by atoms with E-state index in [0.717, 1.165) is 29.8 Å². The minimum absolute atomic E-state index is 0.0245. The average Bonchev–Trinajstić information content (AvgIpc) is 3.53. The number of nitrogens with zero attached hydrogens (tertiary/aromatic N) is 2. The molecule has 4 heteroatoms. The van der Waals surface area contributed by atoms with Gasteiger partial charge in [0.1, 0.15) is 5.58 Å². The van der Waals surface area contributed by atoms with Crippen molar-refractivity contribution in [2.24, 2.45) is 0 Å². The third kappa shape index (κ3) is 5.46. The second-order valence-corrected chi connectivity index (χ2v) is 20.6. The molecule has 0 spiro atoms. The molecule has 3 heterocycles. The smallest absolute Gasteiger partial charge is 0.297 e. The Morgan fingerprint density at radius 3 is 1.84 bits per heavy atom. The summed E-state index contributed by atoms with van der Waals surface area (Å²) in [6, 6.07) is 41.9. The fourth-order valence-electron chi connectivity index (χ4n) is 10.1. The average molecular weight is 747 g/mol. The number of fused-ring (bicyclic) bond motifs is 8. The predicted octanol–water partition coefficient (Wildman–Crippen LogP) is 12.9. The molecule has 6 aromatic carbocycles. The number of furan rings is 1. The number of rotatable bonds is 2. The summed E-state index contributed by atoms with van der Waals surface area (Å²) in [4.78, 5) is 5.06. The number of hydrogen-bond donors (Lipinski definition) is 0. The van der Waals surface area contributed by atoms with Crippen LogP contribution in [0, 0.1) is 6.92 Å². The number of anilines is 6. The Labute approximate surface area is 339 Å². The lowest BCUT2D eigenvalue weighted by Crippen LogP contribution is -2.61. The lowest BCUT2D eigenvalue weighted by atomic mass is 9.35. The van der Waals surface area contributed by atoms with Crippen LogP contribution in [0.4, 0.5) is 34.1 Å². The Bertz CT molecular complexity index is 2790. The molecule has 0 saturated heterocycles. The van der Waals surface area contributed by atoms with E-state index in [1.54, 1.807) is 0 Å². The highest BCUT2D eigenvalue weighted by molar-refractivity contribution is 7.00. The first kappa shape index (κ1) is 36.1. The van der Waals surface area contributed by atoms with E-state index in [4.69, 9.17) is 4.42 Å². The van der Waals surface area contributed by atoms with Crippen LogP contribution in [0.3, 0.4) is 0 Å². The van der Waals surface area contributed by atoms with Gasteiger partial charge in [0.05, 0.1) is 11.3 Å². The van der Waals surface area contributed by atoms with Gasteiger partial charge in [-0.1, -0.05) is 124 Å². The molecule has 7 aromatic rings. The van der Waals surface area contributed by atoms with E-state index >= 15 is 0 Å². The molecule has 0 atom stereocenters. The third-order valence-electron chi connectivity index (χ3n) is 13.6. The molecule has 10 rings (SSSR count). The lowest BCUT2D eigenvalue weighted by Gasteiger charge is -2.43. The van der Waals surface area contributed by atoms with Crippen LogP contribution in [-0.4, -0.2) is 6.71 Å². The van der Waals surface area contributed by atoms with Crippen molar-refractivity contribution in [3.8, 4) is 0 Å². The van der Waals surface area contributed by atoms with Crippen LogP contribution in [-0.2, 0) is 21.7 Å². The number of aryl methyl sites for hydroxylation is 1. The van der Waals surface area contributed by atoms with Crippen LogP contribution in [0.2, 0.25) is 0 Å². The zero-order chi connectivity index (χ0) is 40.0. The van der Waals surface area contributed by atoms with Crippen molar-refractivity contribution in [2.45, 2.75) is 111 Å². The second-order valence-electron chi connectivity index (χ2n) is 20.6. The molecule has 3 nitrogen and oxygen atoms in total. The van der Waals surface area contributed by atoms with E-state index in [9.17, 15) is 0 Å². The lowest BCUT2D eigenvalue weighted by molar-refractivity contribution is 0.332. The van der Waals surface area contributed by atoms with Crippen molar-refractivity contribution in [3.63, 3.8) is 0 Å². The highest BCUT2D eigenvalue weighted by atomic mass is 16.3. The van der Waals surface area contributed by atoms with Gasteiger partial charge in [0, 0.05) is 33.8 Å². The Morgan fingerprint density at radius 2 is 1.18 bits per heavy atom. The van der Waals surface area contributed by atoms with Crippen LogP contribution in [0.5, 0.6) is 0 Å². The topological polar surface area (TPSA) is 19.6 Å². The molecule has 0 radical (unpaired) electrons. The summed E-state index contributed by atoms with van der Waals surface area (Å²) in [5.41, 5.74) is 18.7. The first-order chi connectivity index (χ1) is 26.9. The van der Waals surface area contributed by atoms with Crippen molar-refractivity contribution in [2.75, 3.05) is 9.80 Å². The highest BCUT2D eigenvalue weighted by Crippen LogP contribution is 2.52. The minimum atomic E-state index is -0.0878. The summed E-state index contributed by atoms with van der Waals surface area (Å²) >= 11 is 0. The molecular weight excluding hydrogens is 691 g/mol. The summed E-state index contributed by atoms with van der Waals surface area (Å²) in [6.45, 7) is 25.7. The predicted molar refractivity (Wildman–Crippen MR) is 245 cm³/mol. The molecule has 1 aliphatic carbocycles. The molecule has 0 saturated carbocycles. The summed E-state index contributed by atoms with van der Waals surface area (Å²) in [6.07, 6.45) is 2.32. The Morgan fingerprint density at radius 1 is 0.579 bits per heavy atom. The second kappa shape index (κ2) is 11.9. The summed E-state index contributed by atoms with van der Waals surface area (Å²) < 4.78 is 7.45. The maximum atomic E-state index is 7.45. The molecular formula is C53H55BN2O. The van der Waals surface area contributed by atoms with Gasteiger partial charge in [0.15, 0.2) is 0 Å². The minimum Gasteiger partial charge on any atom is -0.468 e. The Hall–Kier alpha value is -5.22. The molecule has 3 aliphatic rings. The van der Waals surface area contributed by atoms with E-state index in [1.165, 1.54) is 83.3 Å². The molecule has 0 fully saturated rings. The Kier molecular flexibility index (Phi) is 7.56. The van der Waals surface area contributed by atoms with Crippen molar-refractivity contribution in [1.29, 1.82) is 0 Å². The normalized spacial score (nSPS) is 16.7. The van der Waals surface area contributed by atoms with Gasteiger partial charge in [-0.05, 0) is 146 Å². The Balaban J connectivity index is 1.33. The quantitative estimate of drug-likeness (QED) is 0.164. The molecule has 0 bridgehead atoms. The van der Waals surface area contributed by atoms with E-state index in [-0.39, 0.29) is 28.4 Å². The van der Waals surface area contributed by atoms with E-state index in [0.29, 0.717) is 0 Å². The molecule has 2 aliphatic heterocycles. The van der Waals surface area contributed by atoms with E-state index in [1.807, 2.05) is 0 Å². The molecule has 1 aromatic heterocycles. The van der Waals surface area contributed by atoms with Crippen molar-refractivity contribution >= 4 is 79.2 Å². The van der Waals surface area contributed by atoms with Crippen LogP contribution < -0.4 is 26.4 Å². The highest BCUT2D eigenvalue weighted by Gasteiger charge is 2.48. The molecule has 0 N–H and O–H groups in total. The standard InChI is InChI=1S/C53H55BN2O/c1-32-26-44-47-45(27-32)56(38-20-16-33-14-12-13-15-34(33)28-38)48-39-30-40-41(53(10,11)25-24-52(40,8)9)31-46(39)57-49(48)54(47)42-29-36(51(5,6)7)19-23-43(42)55(44)37-21-17-35(18-22-37)50(2,3)4/h12-23,26-31H,24-25H2,1-11H3. The molecule has 0 unspecified atom stereocenters. The van der Waals surface area contributed by atoms with Crippen molar-refractivity contribution in [1.82, 2.24) is 0 Å². The summed E-state index contributed by atoms with van der Waals surface area (Å²) in [5.74, 6) is 0. The molecule has 286 valence electrons. The van der Waals surface area contributed by atoms with Crippen LogP contribution in [0.1, 0.15) is 110 Å². The zero-order valence-electron chi connectivity index (χ0n) is 35.7. The summed E-state index contributed by atoms with van der Waals surface area (Å²) in [7, 11) is 0. The molecule has 0 amide bonds. The first-order valence-corrected chi connectivity index (χ1v) is 21.0. The fraction of sp³-hybridized carbons (Fsp3) is 0.321. The first-order valence-electron chi connectivity index (χ1n) is 21.0. The van der Waals surface area contributed by atoms with Gasteiger partial charge in [-0.2, -0.15) is 0 Å². The van der Waals surface area contributed by atoms with Crippen molar-refractivity contribution < 1.29 is 4.42 Å². The zero-order valence-corrected chi connectivity index (χ0v) is 35.7. The van der Waals surface area contributed by atoms with Gasteiger partial charge in [-0.15, -0.1) is 0 Å². The monoisotopic (exact) mass is 746 g/mol. The largest absolute Gasteiger partial charge is 0.468 e. The maximum Gasteiger partial charge on any atom is 0.297 e. The van der Waals surface area contributed by atoms with Gasteiger partial charge in [0.25, 0.3) is 6.71 Å². The van der Waals surface area contributed by atoms with Crippen molar-refractivity contribution in [3.05, 3.63) is 137 Å². The summed E-state index contributed by atoms with van der Waals surface area (Å²) in [5, 5.41) is 3.67. The SMILES string of the molecule is Cc1cc2c3c(c1)N(c1ccc4ccccc4c1)c1c(oc4cc5c(cc14)C(C)(C)CCC5(C)C)B3c1cc(C(C)(C)C)ccc1N2c1ccc(C(C)(C)C)cc1.